The van der Waals surface area contributed by atoms with Crippen molar-refractivity contribution in [1.82, 2.24) is 4.90 Å². The summed E-state index contributed by atoms with van der Waals surface area (Å²) in [6, 6.07) is 0. The van der Waals surface area contributed by atoms with E-state index in [0.29, 0.717) is 0 Å². The SMILES string of the molecule is CCCOCCN1CC(N)(CC)C1. The van der Waals surface area contributed by atoms with Crippen molar-refractivity contribution in [2.75, 3.05) is 32.8 Å². The number of likely N-dealkylation sites (tertiary alicyclic amines) is 1. The normalized spacial score (nSPS) is 21.5. The number of hydrogen-bond donors (Lipinski definition) is 1. The minimum atomic E-state index is 0.102. The number of rotatable bonds is 6. The first kappa shape index (κ1) is 11.0. The van der Waals surface area contributed by atoms with Crippen LogP contribution in [0.4, 0.5) is 0 Å². The Balaban J connectivity index is 1.96. The Morgan fingerprint density at radius 3 is 2.54 bits per heavy atom. The van der Waals surface area contributed by atoms with Crippen molar-refractivity contribution in [1.29, 1.82) is 0 Å². The van der Waals surface area contributed by atoms with Crippen molar-refractivity contribution in [3.63, 3.8) is 0 Å². The summed E-state index contributed by atoms with van der Waals surface area (Å²) in [5, 5.41) is 0. The van der Waals surface area contributed by atoms with Crippen molar-refractivity contribution >= 4 is 0 Å². The van der Waals surface area contributed by atoms with Gasteiger partial charge in [0.1, 0.15) is 0 Å². The third-order valence-corrected chi connectivity index (χ3v) is 2.68. The third kappa shape index (κ3) is 3.25. The molecule has 78 valence electrons. The first-order chi connectivity index (χ1) is 6.20. The fourth-order valence-electron chi connectivity index (χ4n) is 1.67. The van der Waals surface area contributed by atoms with Crippen molar-refractivity contribution in [2.45, 2.75) is 32.2 Å². The van der Waals surface area contributed by atoms with Crippen LogP contribution in [0.3, 0.4) is 0 Å². The Morgan fingerprint density at radius 1 is 1.31 bits per heavy atom. The Hall–Kier alpha value is -0.120. The van der Waals surface area contributed by atoms with E-state index in [4.69, 9.17) is 10.5 Å². The standard InChI is InChI=1S/C10H22N2O/c1-3-6-13-7-5-12-8-10(11,4-2)9-12/h3-9,11H2,1-2H3. The molecule has 0 amide bonds. The van der Waals surface area contributed by atoms with Gasteiger partial charge in [-0.15, -0.1) is 0 Å². The van der Waals surface area contributed by atoms with Crippen LogP contribution in [-0.2, 0) is 4.74 Å². The Bertz CT molecular complexity index is 144. The minimum Gasteiger partial charge on any atom is -0.380 e. The maximum atomic E-state index is 6.04. The maximum Gasteiger partial charge on any atom is 0.0593 e. The predicted octanol–water partition coefficient (Wildman–Crippen LogP) is 0.836. The second-order valence-electron chi connectivity index (χ2n) is 4.04. The Morgan fingerprint density at radius 2 is 2.00 bits per heavy atom. The molecule has 1 aliphatic heterocycles. The number of nitrogens with zero attached hydrogens (tertiary/aromatic N) is 1. The summed E-state index contributed by atoms with van der Waals surface area (Å²) in [7, 11) is 0. The molecule has 0 aromatic heterocycles. The zero-order valence-electron chi connectivity index (χ0n) is 8.88. The quantitative estimate of drug-likeness (QED) is 0.625. The van der Waals surface area contributed by atoms with E-state index in [9.17, 15) is 0 Å². The molecule has 0 bridgehead atoms. The zero-order chi connectivity index (χ0) is 9.73. The fraction of sp³-hybridized carbons (Fsp3) is 1.00. The summed E-state index contributed by atoms with van der Waals surface area (Å²) in [6.45, 7) is 9.15. The van der Waals surface area contributed by atoms with Crippen molar-refractivity contribution in [3.8, 4) is 0 Å². The highest BCUT2D eigenvalue weighted by molar-refractivity contribution is 4.98. The molecule has 1 rings (SSSR count). The lowest BCUT2D eigenvalue weighted by atomic mass is 9.88. The van der Waals surface area contributed by atoms with Gasteiger partial charge in [-0.3, -0.25) is 4.90 Å². The third-order valence-electron chi connectivity index (χ3n) is 2.68. The summed E-state index contributed by atoms with van der Waals surface area (Å²) in [4.78, 5) is 2.36. The second kappa shape index (κ2) is 4.94. The molecule has 1 heterocycles. The Kier molecular flexibility index (Phi) is 4.16. The van der Waals surface area contributed by atoms with Gasteiger partial charge in [0.2, 0.25) is 0 Å². The molecule has 0 spiro atoms. The highest BCUT2D eigenvalue weighted by atomic mass is 16.5. The smallest absolute Gasteiger partial charge is 0.0593 e. The number of nitrogens with two attached hydrogens (primary N) is 1. The van der Waals surface area contributed by atoms with Gasteiger partial charge in [0.25, 0.3) is 0 Å². The predicted molar refractivity (Wildman–Crippen MR) is 54.8 cm³/mol. The van der Waals surface area contributed by atoms with Gasteiger partial charge in [-0.05, 0) is 12.8 Å². The van der Waals surface area contributed by atoms with Crippen LogP contribution in [0.1, 0.15) is 26.7 Å². The molecule has 3 nitrogen and oxygen atoms in total. The minimum absolute atomic E-state index is 0.102. The molecule has 13 heavy (non-hydrogen) atoms. The van der Waals surface area contributed by atoms with Crippen molar-refractivity contribution < 1.29 is 4.74 Å². The molecular weight excluding hydrogens is 164 g/mol. The summed E-state index contributed by atoms with van der Waals surface area (Å²) >= 11 is 0. The van der Waals surface area contributed by atoms with Gasteiger partial charge in [0.15, 0.2) is 0 Å². The Labute approximate surface area is 81.2 Å². The molecule has 0 aromatic carbocycles. The van der Waals surface area contributed by atoms with Gasteiger partial charge in [0.05, 0.1) is 6.61 Å². The maximum absolute atomic E-state index is 6.04. The molecule has 0 aliphatic carbocycles. The molecule has 2 N–H and O–H groups in total. The van der Waals surface area contributed by atoms with Crippen LogP contribution in [0.5, 0.6) is 0 Å². The van der Waals surface area contributed by atoms with E-state index in [1.807, 2.05) is 0 Å². The monoisotopic (exact) mass is 186 g/mol. The largest absolute Gasteiger partial charge is 0.380 e. The molecule has 1 aliphatic rings. The van der Waals surface area contributed by atoms with Gasteiger partial charge in [-0.1, -0.05) is 13.8 Å². The van der Waals surface area contributed by atoms with Crippen LogP contribution in [0.15, 0.2) is 0 Å². The molecule has 0 radical (unpaired) electrons. The van der Waals surface area contributed by atoms with Gasteiger partial charge in [0, 0.05) is 31.8 Å². The lowest BCUT2D eigenvalue weighted by Gasteiger charge is -2.47. The van der Waals surface area contributed by atoms with Crippen LogP contribution >= 0.6 is 0 Å². The molecule has 0 atom stereocenters. The lowest BCUT2D eigenvalue weighted by molar-refractivity contribution is 0.0305. The molecule has 1 saturated heterocycles. The average Bonchev–Trinajstić information content (AvgIpc) is 2.08. The van der Waals surface area contributed by atoms with Crippen LogP contribution in [0, 0.1) is 0 Å². The van der Waals surface area contributed by atoms with Gasteiger partial charge in [-0.25, -0.2) is 0 Å². The first-order valence-electron chi connectivity index (χ1n) is 5.29. The molecule has 0 unspecified atom stereocenters. The van der Waals surface area contributed by atoms with Gasteiger partial charge in [-0.2, -0.15) is 0 Å². The van der Waals surface area contributed by atoms with Gasteiger partial charge < -0.3 is 10.5 Å². The van der Waals surface area contributed by atoms with Crippen molar-refractivity contribution in [3.05, 3.63) is 0 Å². The molecular formula is C10H22N2O. The lowest BCUT2D eigenvalue weighted by Crippen LogP contribution is -2.67. The van der Waals surface area contributed by atoms with Crippen molar-refractivity contribution in [2.24, 2.45) is 5.73 Å². The average molecular weight is 186 g/mol. The van der Waals surface area contributed by atoms with E-state index < -0.39 is 0 Å². The fourth-order valence-corrected chi connectivity index (χ4v) is 1.67. The molecule has 3 heteroatoms. The number of ether oxygens (including phenoxy) is 1. The molecule has 1 fully saturated rings. The molecule has 0 aromatic rings. The van der Waals surface area contributed by atoms with Crippen LogP contribution in [-0.4, -0.2) is 43.3 Å². The second-order valence-corrected chi connectivity index (χ2v) is 4.04. The molecule has 0 saturated carbocycles. The summed E-state index contributed by atoms with van der Waals surface area (Å²) in [5.41, 5.74) is 6.14. The highest BCUT2D eigenvalue weighted by Gasteiger charge is 2.36. The van der Waals surface area contributed by atoms with Gasteiger partial charge >= 0.3 is 0 Å². The van der Waals surface area contributed by atoms with E-state index in [1.54, 1.807) is 0 Å². The van der Waals surface area contributed by atoms with E-state index >= 15 is 0 Å². The van der Waals surface area contributed by atoms with E-state index in [1.165, 1.54) is 0 Å². The number of hydrogen-bond acceptors (Lipinski definition) is 3. The summed E-state index contributed by atoms with van der Waals surface area (Å²) in [5.74, 6) is 0. The van der Waals surface area contributed by atoms with E-state index in [0.717, 1.165) is 45.7 Å². The summed E-state index contributed by atoms with van der Waals surface area (Å²) in [6.07, 6.45) is 2.19. The van der Waals surface area contributed by atoms with Crippen LogP contribution < -0.4 is 5.73 Å². The van der Waals surface area contributed by atoms with E-state index in [2.05, 4.69) is 18.7 Å². The van der Waals surface area contributed by atoms with Crippen LogP contribution in [0.25, 0.3) is 0 Å². The van der Waals surface area contributed by atoms with Crippen LogP contribution in [0.2, 0.25) is 0 Å². The summed E-state index contributed by atoms with van der Waals surface area (Å²) < 4.78 is 5.41. The highest BCUT2D eigenvalue weighted by Crippen LogP contribution is 2.20. The topological polar surface area (TPSA) is 38.5 Å². The zero-order valence-corrected chi connectivity index (χ0v) is 8.88. The van der Waals surface area contributed by atoms with E-state index in [-0.39, 0.29) is 5.54 Å². The first-order valence-corrected chi connectivity index (χ1v) is 5.29.